The SMILES string of the molecule is NNC(c1ccc(Cl)cc1Cl)c1occc1Br. The van der Waals surface area contributed by atoms with Crippen LogP contribution >= 0.6 is 39.1 Å². The van der Waals surface area contributed by atoms with Crippen LogP contribution in [0.2, 0.25) is 10.0 Å². The predicted octanol–water partition coefficient (Wildman–Crippen LogP) is 3.90. The minimum atomic E-state index is -0.329. The molecule has 1 aromatic carbocycles. The van der Waals surface area contributed by atoms with Gasteiger partial charge < -0.3 is 4.42 Å². The van der Waals surface area contributed by atoms with Crippen LogP contribution in [0.5, 0.6) is 0 Å². The highest BCUT2D eigenvalue weighted by atomic mass is 79.9. The van der Waals surface area contributed by atoms with Gasteiger partial charge in [0.1, 0.15) is 11.8 Å². The first kappa shape index (κ1) is 12.9. The molecule has 1 unspecified atom stereocenters. The van der Waals surface area contributed by atoms with Gasteiger partial charge in [-0.2, -0.15) is 0 Å². The van der Waals surface area contributed by atoms with Gasteiger partial charge in [0.05, 0.1) is 10.7 Å². The van der Waals surface area contributed by atoms with E-state index in [4.69, 9.17) is 33.5 Å². The summed E-state index contributed by atoms with van der Waals surface area (Å²) in [6.45, 7) is 0. The second-order valence-electron chi connectivity index (χ2n) is 3.40. The lowest BCUT2D eigenvalue weighted by atomic mass is 10.1. The highest BCUT2D eigenvalue weighted by Crippen LogP contribution is 2.33. The van der Waals surface area contributed by atoms with Crippen LogP contribution in [0.3, 0.4) is 0 Å². The van der Waals surface area contributed by atoms with Crippen LogP contribution < -0.4 is 11.3 Å². The van der Waals surface area contributed by atoms with E-state index >= 15 is 0 Å². The van der Waals surface area contributed by atoms with Gasteiger partial charge in [0, 0.05) is 10.0 Å². The van der Waals surface area contributed by atoms with Crippen molar-refractivity contribution in [2.45, 2.75) is 6.04 Å². The zero-order valence-corrected chi connectivity index (χ0v) is 11.7. The van der Waals surface area contributed by atoms with Gasteiger partial charge in [-0.3, -0.25) is 5.84 Å². The summed E-state index contributed by atoms with van der Waals surface area (Å²) in [4.78, 5) is 0. The lowest BCUT2D eigenvalue weighted by Crippen LogP contribution is -2.29. The van der Waals surface area contributed by atoms with Crippen LogP contribution in [0.25, 0.3) is 0 Å². The third-order valence-electron chi connectivity index (χ3n) is 2.35. The maximum atomic E-state index is 6.14. The molecule has 1 heterocycles. The normalized spacial score (nSPS) is 12.7. The van der Waals surface area contributed by atoms with Crippen LogP contribution in [0.15, 0.2) is 39.4 Å². The van der Waals surface area contributed by atoms with Crippen LogP contribution in [0.1, 0.15) is 17.4 Å². The Morgan fingerprint density at radius 3 is 2.59 bits per heavy atom. The number of rotatable bonds is 3. The van der Waals surface area contributed by atoms with Crippen molar-refractivity contribution in [3.8, 4) is 0 Å². The lowest BCUT2D eigenvalue weighted by molar-refractivity contribution is 0.450. The third kappa shape index (κ3) is 2.67. The second-order valence-corrected chi connectivity index (χ2v) is 5.10. The molecule has 3 nitrogen and oxygen atoms in total. The fourth-order valence-electron chi connectivity index (χ4n) is 1.55. The molecule has 6 heteroatoms. The standard InChI is InChI=1S/C11H9BrCl2N2O/c12-8-3-4-17-11(8)10(16-15)7-2-1-6(13)5-9(7)14/h1-5,10,16H,15H2. The first-order valence-corrected chi connectivity index (χ1v) is 6.32. The smallest absolute Gasteiger partial charge is 0.140 e. The maximum absolute atomic E-state index is 6.14. The molecule has 17 heavy (non-hydrogen) atoms. The van der Waals surface area contributed by atoms with Gasteiger partial charge in [0.25, 0.3) is 0 Å². The van der Waals surface area contributed by atoms with Crippen molar-refractivity contribution in [2.24, 2.45) is 5.84 Å². The van der Waals surface area contributed by atoms with Crippen molar-refractivity contribution in [2.75, 3.05) is 0 Å². The molecule has 0 aliphatic rings. The number of furan rings is 1. The van der Waals surface area contributed by atoms with Gasteiger partial charge in [-0.25, -0.2) is 5.43 Å². The largest absolute Gasteiger partial charge is 0.466 e. The molecule has 0 fully saturated rings. The molecule has 0 saturated heterocycles. The Morgan fingerprint density at radius 2 is 2.06 bits per heavy atom. The van der Waals surface area contributed by atoms with Crippen molar-refractivity contribution < 1.29 is 4.42 Å². The molecule has 0 spiro atoms. The molecular weight excluding hydrogens is 327 g/mol. The van der Waals surface area contributed by atoms with Crippen LogP contribution in [-0.2, 0) is 0 Å². The fraction of sp³-hybridized carbons (Fsp3) is 0.0909. The molecule has 0 amide bonds. The summed E-state index contributed by atoms with van der Waals surface area (Å²) < 4.78 is 6.20. The molecule has 1 aromatic heterocycles. The minimum absolute atomic E-state index is 0.329. The van der Waals surface area contributed by atoms with Gasteiger partial charge in [0.15, 0.2) is 0 Å². The molecule has 0 aliphatic carbocycles. The summed E-state index contributed by atoms with van der Waals surface area (Å²) in [5, 5.41) is 1.11. The Morgan fingerprint density at radius 1 is 1.29 bits per heavy atom. The van der Waals surface area contributed by atoms with Gasteiger partial charge >= 0.3 is 0 Å². The van der Waals surface area contributed by atoms with E-state index in [1.165, 1.54) is 0 Å². The Hall–Kier alpha value is -0.520. The van der Waals surface area contributed by atoms with E-state index in [1.807, 2.05) is 6.07 Å². The Labute approximate surface area is 117 Å². The summed E-state index contributed by atoms with van der Waals surface area (Å²) in [6.07, 6.45) is 1.58. The summed E-state index contributed by atoms with van der Waals surface area (Å²) >= 11 is 15.4. The second kappa shape index (κ2) is 5.42. The van der Waals surface area contributed by atoms with Crippen LogP contribution in [0.4, 0.5) is 0 Å². The fourth-order valence-corrected chi connectivity index (χ4v) is 2.50. The van der Waals surface area contributed by atoms with E-state index < -0.39 is 0 Å². The molecule has 3 N–H and O–H groups in total. The monoisotopic (exact) mass is 334 g/mol. The average Bonchev–Trinajstić information content (AvgIpc) is 2.69. The number of hydrazine groups is 1. The number of nitrogens with two attached hydrogens (primary N) is 1. The van der Waals surface area contributed by atoms with Crippen molar-refractivity contribution in [3.63, 3.8) is 0 Å². The van der Waals surface area contributed by atoms with Crippen molar-refractivity contribution in [1.29, 1.82) is 0 Å². The first-order chi connectivity index (χ1) is 8.13. The maximum Gasteiger partial charge on any atom is 0.140 e. The highest BCUT2D eigenvalue weighted by Gasteiger charge is 2.21. The molecule has 2 rings (SSSR count). The van der Waals surface area contributed by atoms with Crippen LogP contribution in [0, 0.1) is 0 Å². The van der Waals surface area contributed by atoms with Crippen molar-refractivity contribution >= 4 is 39.1 Å². The number of hydrogen-bond donors (Lipinski definition) is 2. The predicted molar refractivity (Wildman–Crippen MR) is 72.0 cm³/mol. The first-order valence-electron chi connectivity index (χ1n) is 4.77. The number of nitrogens with one attached hydrogen (secondary N) is 1. The molecule has 90 valence electrons. The number of halogens is 3. The lowest BCUT2D eigenvalue weighted by Gasteiger charge is -2.16. The van der Waals surface area contributed by atoms with E-state index in [2.05, 4.69) is 21.4 Å². The molecule has 1 atom stereocenters. The molecule has 0 saturated carbocycles. The van der Waals surface area contributed by atoms with Gasteiger partial charge in [-0.15, -0.1) is 0 Å². The zero-order valence-electron chi connectivity index (χ0n) is 8.58. The van der Waals surface area contributed by atoms with E-state index in [9.17, 15) is 0 Å². The minimum Gasteiger partial charge on any atom is -0.466 e. The average molecular weight is 336 g/mol. The third-order valence-corrected chi connectivity index (χ3v) is 3.56. The molecule has 0 aliphatic heterocycles. The summed E-state index contributed by atoms with van der Waals surface area (Å²) in [5.74, 6) is 6.21. The topological polar surface area (TPSA) is 51.2 Å². The van der Waals surface area contributed by atoms with Crippen molar-refractivity contribution in [1.82, 2.24) is 5.43 Å². The zero-order chi connectivity index (χ0) is 12.4. The summed E-state index contributed by atoms with van der Waals surface area (Å²) in [6, 6.07) is 6.70. The number of hydrogen-bond acceptors (Lipinski definition) is 3. The van der Waals surface area contributed by atoms with E-state index in [0.29, 0.717) is 15.8 Å². The summed E-state index contributed by atoms with van der Waals surface area (Å²) in [5.41, 5.74) is 3.47. The van der Waals surface area contributed by atoms with Gasteiger partial charge in [-0.1, -0.05) is 29.3 Å². The highest BCUT2D eigenvalue weighted by molar-refractivity contribution is 9.10. The van der Waals surface area contributed by atoms with Gasteiger partial charge in [0.2, 0.25) is 0 Å². The molecule has 2 aromatic rings. The quantitative estimate of drug-likeness (QED) is 0.660. The van der Waals surface area contributed by atoms with E-state index in [0.717, 1.165) is 10.0 Å². The van der Waals surface area contributed by atoms with Crippen molar-refractivity contribution in [3.05, 3.63) is 56.4 Å². The Kier molecular flexibility index (Phi) is 4.12. The van der Waals surface area contributed by atoms with E-state index in [-0.39, 0.29) is 6.04 Å². The summed E-state index contributed by atoms with van der Waals surface area (Å²) in [7, 11) is 0. The molecular formula is C11H9BrCl2N2O. The van der Waals surface area contributed by atoms with Gasteiger partial charge in [-0.05, 0) is 39.7 Å². The Balaban J connectivity index is 2.46. The molecule has 0 radical (unpaired) electrons. The van der Waals surface area contributed by atoms with Crippen LogP contribution in [-0.4, -0.2) is 0 Å². The van der Waals surface area contributed by atoms with E-state index in [1.54, 1.807) is 24.5 Å². The Bertz CT molecular complexity index is 530. The number of benzene rings is 1. The molecule has 0 bridgehead atoms.